The van der Waals surface area contributed by atoms with Gasteiger partial charge in [-0.1, -0.05) is 0 Å². The third kappa shape index (κ3) is 1.86. The Kier molecular flexibility index (Phi) is 2.14. The highest BCUT2D eigenvalue weighted by molar-refractivity contribution is 9.09. The first-order valence-corrected chi connectivity index (χ1v) is 5.39. The van der Waals surface area contributed by atoms with E-state index < -0.39 is 0 Å². The molecule has 3 aliphatic rings. The van der Waals surface area contributed by atoms with Crippen LogP contribution in [-0.4, -0.2) is 16.9 Å². The Morgan fingerprint density at radius 1 is 1.00 bits per heavy atom. The zero-order chi connectivity index (χ0) is 8.39. The summed E-state index contributed by atoms with van der Waals surface area (Å²) in [5.41, 5.74) is 1.98. The average molecular weight is 196 g/mol. The smallest absolute Gasteiger partial charge is 0.267 e. The van der Waals surface area contributed by atoms with Crippen molar-refractivity contribution in [1.82, 2.24) is 0 Å². The minimum atomic E-state index is 0.250. The second kappa shape index (κ2) is 3.28. The summed E-state index contributed by atoms with van der Waals surface area (Å²) >= 11 is 0. The summed E-state index contributed by atoms with van der Waals surface area (Å²) in [6.45, 7) is 0. The Labute approximate surface area is 77.1 Å². The molecule has 0 bridgehead atoms. The molecule has 5 heteroatoms. The molecule has 0 aromatic heterocycles. The van der Waals surface area contributed by atoms with Gasteiger partial charge in [0.1, 0.15) is 0 Å². The molecular formula is C7H4N2OS2. The molecule has 3 heterocycles. The summed E-state index contributed by atoms with van der Waals surface area (Å²) in [4.78, 5) is 17.5. The van der Waals surface area contributed by atoms with E-state index in [4.69, 9.17) is 0 Å². The van der Waals surface area contributed by atoms with Crippen LogP contribution in [0.5, 0.6) is 0 Å². The van der Waals surface area contributed by atoms with E-state index >= 15 is 0 Å². The van der Waals surface area contributed by atoms with Crippen LogP contribution in [0.15, 0.2) is 33.5 Å². The minimum Gasteiger partial charge on any atom is -0.273 e. The van der Waals surface area contributed by atoms with Crippen molar-refractivity contribution in [3.8, 4) is 0 Å². The third-order valence-corrected chi connectivity index (χ3v) is 2.52. The van der Waals surface area contributed by atoms with Gasteiger partial charge in [0.15, 0.2) is 0 Å². The Morgan fingerprint density at radius 3 is 1.75 bits per heavy atom. The monoisotopic (exact) mass is 196 g/mol. The molecule has 1 saturated heterocycles. The summed E-state index contributed by atoms with van der Waals surface area (Å²) < 4.78 is 0.250. The number of carbonyl (C=O) groups excluding carboxylic acids is 1. The van der Waals surface area contributed by atoms with Crippen LogP contribution < -0.4 is 0 Å². The Balaban J connectivity index is 0.000000119. The molecule has 0 radical (unpaired) electrons. The van der Waals surface area contributed by atoms with Crippen molar-refractivity contribution in [2.75, 3.05) is 0 Å². The Morgan fingerprint density at radius 2 is 1.42 bits per heavy atom. The normalized spacial score (nSPS) is 21.2. The molecule has 0 unspecified atom stereocenters. The lowest BCUT2D eigenvalue weighted by Crippen LogP contribution is -1.66. The minimum absolute atomic E-state index is 0.250. The highest BCUT2D eigenvalue weighted by Crippen LogP contribution is 2.46. The predicted molar refractivity (Wildman–Crippen MR) is 53.7 cm³/mol. The zero-order valence-electron chi connectivity index (χ0n) is 5.93. The lowest BCUT2D eigenvalue weighted by atomic mass is 10.4. The van der Waals surface area contributed by atoms with Crippen molar-refractivity contribution in [1.29, 1.82) is 0 Å². The number of hydrogen-bond donors (Lipinski definition) is 0. The van der Waals surface area contributed by atoms with E-state index in [0.717, 1.165) is 11.4 Å². The standard InChI is InChI=1S/C6H4N2.COS2/c1-3-7-6-2-4-8-5(1)6;2-1-3-4-1/h1-4H;. The van der Waals surface area contributed by atoms with E-state index in [-0.39, 0.29) is 4.45 Å². The first-order valence-electron chi connectivity index (χ1n) is 3.24. The number of aliphatic imine (C=N–C) groups is 2. The van der Waals surface area contributed by atoms with E-state index in [1.165, 1.54) is 21.6 Å². The van der Waals surface area contributed by atoms with Crippen LogP contribution in [0, 0.1) is 0 Å². The third-order valence-electron chi connectivity index (χ3n) is 1.31. The molecule has 0 N–H and O–H groups in total. The van der Waals surface area contributed by atoms with Crippen molar-refractivity contribution in [2.24, 2.45) is 9.98 Å². The molecule has 3 aliphatic heterocycles. The van der Waals surface area contributed by atoms with Crippen LogP contribution in [0.2, 0.25) is 0 Å². The maximum Gasteiger partial charge on any atom is 0.267 e. The summed E-state index contributed by atoms with van der Waals surface area (Å²) in [6.07, 6.45) is 7.32. The van der Waals surface area contributed by atoms with Gasteiger partial charge in [0.05, 0.1) is 11.4 Å². The highest BCUT2D eigenvalue weighted by Gasteiger charge is 2.18. The molecule has 0 amide bonds. The molecule has 1 fully saturated rings. The molecule has 0 saturated carbocycles. The number of carbonyl (C=O) groups is 1. The number of nitrogens with zero attached hydrogens (tertiary/aromatic N) is 2. The predicted octanol–water partition coefficient (Wildman–Crippen LogP) is 2.42. The number of hydrogen-bond acceptors (Lipinski definition) is 5. The second-order valence-corrected chi connectivity index (χ2v) is 4.41. The van der Waals surface area contributed by atoms with Gasteiger partial charge in [0.2, 0.25) is 0 Å². The molecule has 3 nitrogen and oxygen atoms in total. The molecular weight excluding hydrogens is 192 g/mol. The molecule has 3 rings (SSSR count). The van der Waals surface area contributed by atoms with Crippen molar-refractivity contribution in [3.63, 3.8) is 0 Å². The second-order valence-electron chi connectivity index (χ2n) is 2.08. The van der Waals surface area contributed by atoms with Crippen molar-refractivity contribution >= 4 is 38.5 Å². The summed E-state index contributed by atoms with van der Waals surface area (Å²) in [5.74, 6) is 0. The first-order chi connectivity index (χ1) is 5.86. The van der Waals surface area contributed by atoms with E-state index in [1.807, 2.05) is 12.2 Å². The summed E-state index contributed by atoms with van der Waals surface area (Å²) in [6, 6.07) is 0. The fourth-order valence-electron chi connectivity index (χ4n) is 0.782. The molecule has 0 aliphatic carbocycles. The lowest BCUT2D eigenvalue weighted by Gasteiger charge is -1.83. The Bertz CT molecular complexity index is 309. The van der Waals surface area contributed by atoms with Crippen LogP contribution in [0.1, 0.15) is 0 Å². The Hall–Kier alpha value is -0.810. The van der Waals surface area contributed by atoms with Crippen LogP contribution in [-0.2, 0) is 0 Å². The molecule has 0 aromatic carbocycles. The van der Waals surface area contributed by atoms with E-state index in [9.17, 15) is 4.79 Å². The highest BCUT2D eigenvalue weighted by atomic mass is 33.2. The van der Waals surface area contributed by atoms with Crippen LogP contribution in [0.3, 0.4) is 0 Å². The van der Waals surface area contributed by atoms with Crippen LogP contribution in [0.4, 0.5) is 4.79 Å². The maximum absolute atomic E-state index is 9.48. The molecule has 0 aromatic rings. The number of fused-ring (bicyclic) bond motifs is 1. The van der Waals surface area contributed by atoms with Gasteiger partial charge in [-0.3, -0.25) is 14.8 Å². The quantitative estimate of drug-likeness (QED) is 0.441. The largest absolute Gasteiger partial charge is 0.273 e. The van der Waals surface area contributed by atoms with Gasteiger partial charge in [-0.05, 0) is 12.2 Å². The van der Waals surface area contributed by atoms with E-state index in [1.54, 1.807) is 12.4 Å². The van der Waals surface area contributed by atoms with Gasteiger partial charge in [-0.2, -0.15) is 0 Å². The number of allylic oxidation sites excluding steroid dienone is 2. The van der Waals surface area contributed by atoms with Gasteiger partial charge in [0.25, 0.3) is 4.45 Å². The maximum atomic E-state index is 9.48. The molecule has 0 spiro atoms. The van der Waals surface area contributed by atoms with Gasteiger partial charge >= 0.3 is 0 Å². The zero-order valence-corrected chi connectivity index (χ0v) is 7.56. The van der Waals surface area contributed by atoms with Gasteiger partial charge in [-0.15, -0.1) is 0 Å². The van der Waals surface area contributed by atoms with Gasteiger partial charge in [-0.25, -0.2) is 0 Å². The molecule has 60 valence electrons. The van der Waals surface area contributed by atoms with E-state index in [2.05, 4.69) is 9.98 Å². The van der Waals surface area contributed by atoms with Crippen LogP contribution >= 0.6 is 21.6 Å². The molecule has 12 heavy (non-hydrogen) atoms. The van der Waals surface area contributed by atoms with Crippen molar-refractivity contribution < 1.29 is 4.79 Å². The fraction of sp³-hybridized carbons (Fsp3) is 0. The summed E-state index contributed by atoms with van der Waals surface area (Å²) in [7, 11) is 2.60. The topological polar surface area (TPSA) is 41.8 Å². The SMILES string of the molecule is C1=NC2=CC=NC2=C1.O=C1SS1. The number of rotatable bonds is 0. The lowest BCUT2D eigenvalue weighted by molar-refractivity contribution is 0.278. The van der Waals surface area contributed by atoms with Crippen molar-refractivity contribution in [3.05, 3.63) is 23.5 Å². The van der Waals surface area contributed by atoms with Gasteiger partial charge in [0, 0.05) is 34.0 Å². The van der Waals surface area contributed by atoms with Crippen LogP contribution in [0.25, 0.3) is 0 Å². The first kappa shape index (κ1) is 7.82. The summed E-state index contributed by atoms with van der Waals surface area (Å²) in [5, 5.41) is 0. The van der Waals surface area contributed by atoms with E-state index in [0.29, 0.717) is 0 Å². The van der Waals surface area contributed by atoms with Gasteiger partial charge < -0.3 is 0 Å². The van der Waals surface area contributed by atoms with Crippen molar-refractivity contribution in [2.45, 2.75) is 0 Å². The molecule has 0 atom stereocenters. The average Bonchev–Trinajstić information content (AvgIpc) is 2.58. The fourth-order valence-corrected chi connectivity index (χ4v) is 0.919.